The van der Waals surface area contributed by atoms with Crippen molar-refractivity contribution in [2.75, 3.05) is 13.2 Å². The van der Waals surface area contributed by atoms with Crippen LogP contribution in [0.4, 0.5) is 0 Å². The molecule has 182 valence electrons. The fourth-order valence-electron chi connectivity index (χ4n) is 3.52. The summed E-state index contributed by atoms with van der Waals surface area (Å²) in [6, 6.07) is -4.68. The number of hydrogen-bond donors (Lipinski definition) is 7. The Kier molecular flexibility index (Phi) is 9.30. The smallest absolute Gasteiger partial charge is 0.328 e. The summed E-state index contributed by atoms with van der Waals surface area (Å²) in [6.07, 6.45) is 3.65. The van der Waals surface area contributed by atoms with Gasteiger partial charge in [-0.25, -0.2) is 9.78 Å². The number of carboxylic acids is 1. The quantitative estimate of drug-likeness (QED) is 0.162. The van der Waals surface area contributed by atoms with Crippen molar-refractivity contribution in [1.29, 1.82) is 0 Å². The number of amides is 4. The number of rotatable bonds is 12. The minimum atomic E-state index is -1.59. The molecule has 9 N–H and O–H groups in total. The lowest BCUT2D eigenvalue weighted by Gasteiger charge is -2.28. The van der Waals surface area contributed by atoms with Crippen LogP contribution in [0, 0.1) is 0 Å². The first-order valence-electron chi connectivity index (χ1n) is 10.4. The molecule has 33 heavy (non-hydrogen) atoms. The Morgan fingerprint density at radius 2 is 1.97 bits per heavy atom. The maximum absolute atomic E-state index is 12.9. The van der Waals surface area contributed by atoms with Gasteiger partial charge in [0.15, 0.2) is 0 Å². The average Bonchev–Trinajstić information content (AvgIpc) is 3.45. The molecule has 14 nitrogen and oxygen atoms in total. The number of aromatic nitrogens is 2. The van der Waals surface area contributed by atoms with Crippen molar-refractivity contribution >= 4 is 29.6 Å². The van der Waals surface area contributed by atoms with E-state index in [1.165, 1.54) is 11.2 Å². The fraction of sp³-hybridized carbons (Fsp3) is 0.579. The number of hydrogen-bond acceptors (Lipinski definition) is 8. The van der Waals surface area contributed by atoms with Crippen LogP contribution < -0.4 is 22.1 Å². The third-order valence-electron chi connectivity index (χ3n) is 5.26. The molecule has 0 bridgehead atoms. The molecular weight excluding hydrogens is 438 g/mol. The molecule has 2 heterocycles. The number of nitrogens with one attached hydrogen (secondary N) is 3. The van der Waals surface area contributed by atoms with Gasteiger partial charge in [-0.05, 0) is 19.3 Å². The van der Waals surface area contributed by atoms with Crippen LogP contribution in [0.2, 0.25) is 0 Å². The first-order chi connectivity index (χ1) is 15.6. The molecule has 14 heteroatoms. The zero-order chi connectivity index (χ0) is 24.5. The van der Waals surface area contributed by atoms with Crippen molar-refractivity contribution in [3.05, 3.63) is 18.2 Å². The Morgan fingerprint density at radius 1 is 1.24 bits per heavy atom. The standard InChI is InChI=1S/C19H29N7O7/c20-11(6-10-7-22-9-23-10)18(31)26-5-1-2-14(26)17(30)24-12(3-4-15(21)28)16(29)25-13(8-27)19(32)33/h7,9,11-14,27H,1-6,8,20H2,(H2,21,28)(H,22,23)(H,24,30)(H,25,29)(H,32,33). The highest BCUT2D eigenvalue weighted by molar-refractivity contribution is 5.94. The molecule has 4 amide bonds. The molecule has 1 aromatic rings. The van der Waals surface area contributed by atoms with E-state index in [9.17, 15) is 24.0 Å². The number of likely N-dealkylation sites (tertiary alicyclic amines) is 1. The van der Waals surface area contributed by atoms with Gasteiger partial charge in [0, 0.05) is 31.3 Å². The van der Waals surface area contributed by atoms with Crippen molar-refractivity contribution in [1.82, 2.24) is 25.5 Å². The number of aliphatic carboxylic acids is 1. The third-order valence-corrected chi connectivity index (χ3v) is 5.26. The SMILES string of the molecule is NC(=O)CCC(NC(=O)C1CCCN1C(=O)C(N)Cc1cnc[nH]1)C(=O)NC(CO)C(=O)O. The number of nitrogens with two attached hydrogens (primary N) is 2. The Labute approximate surface area is 189 Å². The molecular formula is C19H29N7O7. The summed E-state index contributed by atoms with van der Waals surface area (Å²) in [5, 5.41) is 22.7. The van der Waals surface area contributed by atoms with Crippen molar-refractivity contribution in [3.8, 4) is 0 Å². The molecule has 1 aromatic heterocycles. The highest BCUT2D eigenvalue weighted by Gasteiger charge is 2.38. The molecule has 2 rings (SSSR count). The Bertz CT molecular complexity index is 861. The van der Waals surface area contributed by atoms with Crippen molar-refractivity contribution in [2.45, 2.75) is 56.3 Å². The number of carbonyl (C=O) groups excluding carboxylic acids is 4. The van der Waals surface area contributed by atoms with Crippen molar-refractivity contribution in [3.63, 3.8) is 0 Å². The summed E-state index contributed by atoms with van der Waals surface area (Å²) >= 11 is 0. The Hall–Kier alpha value is -3.52. The number of aliphatic hydroxyl groups is 1. The molecule has 0 aromatic carbocycles. The predicted octanol–water partition coefficient (Wildman–Crippen LogP) is -3.42. The largest absolute Gasteiger partial charge is 0.480 e. The van der Waals surface area contributed by atoms with Gasteiger partial charge in [-0.15, -0.1) is 0 Å². The van der Waals surface area contributed by atoms with E-state index in [-0.39, 0.29) is 19.3 Å². The molecule has 0 saturated carbocycles. The summed E-state index contributed by atoms with van der Waals surface area (Å²) < 4.78 is 0. The molecule has 1 aliphatic heterocycles. The van der Waals surface area contributed by atoms with Gasteiger partial charge in [0.05, 0.1) is 19.0 Å². The van der Waals surface area contributed by atoms with Crippen LogP contribution in [0.1, 0.15) is 31.4 Å². The van der Waals surface area contributed by atoms with E-state index in [4.69, 9.17) is 21.7 Å². The van der Waals surface area contributed by atoms with Gasteiger partial charge in [0.25, 0.3) is 0 Å². The predicted molar refractivity (Wildman–Crippen MR) is 112 cm³/mol. The van der Waals surface area contributed by atoms with E-state index in [0.29, 0.717) is 25.1 Å². The number of primary amides is 1. The second-order valence-corrected chi connectivity index (χ2v) is 7.73. The van der Waals surface area contributed by atoms with Gasteiger partial charge in [0.1, 0.15) is 18.1 Å². The van der Waals surface area contributed by atoms with Crippen LogP contribution in [0.3, 0.4) is 0 Å². The topological polar surface area (TPSA) is 234 Å². The molecule has 1 fully saturated rings. The maximum atomic E-state index is 12.9. The number of aromatic amines is 1. The normalized spacial score (nSPS) is 18.2. The number of carbonyl (C=O) groups is 5. The molecule has 4 unspecified atom stereocenters. The van der Waals surface area contributed by atoms with E-state index in [1.54, 1.807) is 6.20 Å². The fourth-order valence-corrected chi connectivity index (χ4v) is 3.52. The van der Waals surface area contributed by atoms with Crippen LogP contribution in [0.25, 0.3) is 0 Å². The van der Waals surface area contributed by atoms with Crippen LogP contribution in [0.5, 0.6) is 0 Å². The molecule has 0 spiro atoms. The second kappa shape index (κ2) is 11.9. The van der Waals surface area contributed by atoms with Crippen molar-refractivity contribution in [2.24, 2.45) is 11.5 Å². The van der Waals surface area contributed by atoms with Crippen LogP contribution in [0.15, 0.2) is 12.5 Å². The minimum Gasteiger partial charge on any atom is -0.480 e. The Morgan fingerprint density at radius 3 is 2.55 bits per heavy atom. The van der Waals surface area contributed by atoms with E-state index in [1.807, 2.05) is 0 Å². The lowest BCUT2D eigenvalue weighted by Crippen LogP contribution is -2.57. The Balaban J connectivity index is 2.07. The van der Waals surface area contributed by atoms with Crippen LogP contribution in [-0.2, 0) is 30.4 Å². The van der Waals surface area contributed by atoms with Crippen LogP contribution >= 0.6 is 0 Å². The molecule has 0 radical (unpaired) electrons. The molecule has 1 saturated heterocycles. The van der Waals surface area contributed by atoms with Gasteiger partial charge in [-0.1, -0.05) is 0 Å². The number of nitrogens with zero attached hydrogens (tertiary/aromatic N) is 2. The zero-order valence-corrected chi connectivity index (χ0v) is 17.9. The lowest BCUT2D eigenvalue weighted by atomic mass is 10.1. The van der Waals surface area contributed by atoms with Gasteiger partial charge >= 0.3 is 5.97 Å². The van der Waals surface area contributed by atoms with Gasteiger partial charge in [-0.3, -0.25) is 19.2 Å². The molecule has 4 atom stereocenters. The first kappa shape index (κ1) is 25.7. The van der Waals surface area contributed by atoms with Crippen molar-refractivity contribution < 1.29 is 34.2 Å². The highest BCUT2D eigenvalue weighted by atomic mass is 16.4. The van der Waals surface area contributed by atoms with E-state index >= 15 is 0 Å². The number of H-pyrrole nitrogens is 1. The first-order valence-corrected chi connectivity index (χ1v) is 10.4. The summed E-state index contributed by atoms with van der Waals surface area (Å²) in [5.41, 5.74) is 11.8. The van der Waals surface area contributed by atoms with Gasteiger partial charge in [-0.2, -0.15) is 0 Å². The van der Waals surface area contributed by atoms with Crippen LogP contribution in [-0.4, -0.2) is 92.0 Å². The number of carboxylic acid groups (broad SMARTS) is 1. The lowest BCUT2D eigenvalue weighted by molar-refractivity contribution is -0.144. The molecule has 1 aliphatic rings. The zero-order valence-electron chi connectivity index (χ0n) is 17.9. The van der Waals surface area contributed by atoms with E-state index < -0.39 is 60.4 Å². The number of imidazole rings is 1. The van der Waals surface area contributed by atoms with Gasteiger partial charge in [0.2, 0.25) is 23.6 Å². The summed E-state index contributed by atoms with van der Waals surface area (Å²) in [7, 11) is 0. The van der Waals surface area contributed by atoms with E-state index in [0.717, 1.165) is 0 Å². The summed E-state index contributed by atoms with van der Waals surface area (Å²) in [5.74, 6) is -4.18. The third kappa shape index (κ3) is 7.25. The average molecular weight is 467 g/mol. The number of aliphatic hydroxyl groups excluding tert-OH is 1. The van der Waals surface area contributed by atoms with Gasteiger partial charge < -0.3 is 42.2 Å². The summed E-state index contributed by atoms with van der Waals surface area (Å²) in [4.78, 5) is 68.6. The minimum absolute atomic E-state index is 0.190. The molecule has 0 aliphatic carbocycles. The maximum Gasteiger partial charge on any atom is 0.328 e. The summed E-state index contributed by atoms with van der Waals surface area (Å²) in [6.45, 7) is -0.561. The van der Waals surface area contributed by atoms with E-state index in [2.05, 4.69) is 20.6 Å². The second-order valence-electron chi connectivity index (χ2n) is 7.73. The highest BCUT2D eigenvalue weighted by Crippen LogP contribution is 2.19. The monoisotopic (exact) mass is 467 g/mol.